The molecule has 224 valence electrons. The zero-order chi connectivity index (χ0) is 29.1. The Hall–Kier alpha value is -1.09. The Labute approximate surface area is 220 Å². The number of rotatable bonds is 6. The van der Waals surface area contributed by atoms with Crippen LogP contribution in [0.15, 0.2) is 0 Å². The molecule has 0 bridgehead atoms. The average Bonchev–Trinajstić information content (AvgIpc) is 2.79. The van der Waals surface area contributed by atoms with Gasteiger partial charge in [-0.3, -0.25) is 4.79 Å². The molecule has 38 heavy (non-hydrogen) atoms. The van der Waals surface area contributed by atoms with Crippen LogP contribution in [0.1, 0.15) is 27.2 Å². The second-order valence-electron chi connectivity index (χ2n) is 10.4. The van der Waals surface area contributed by atoms with Crippen molar-refractivity contribution in [3.05, 3.63) is 0 Å². The molecular formula is C22H44N4O12. The average molecular weight is 557 g/mol. The molecule has 1 unspecified atom stereocenters. The van der Waals surface area contributed by atoms with Crippen LogP contribution in [0, 0.1) is 0 Å². The van der Waals surface area contributed by atoms with Crippen molar-refractivity contribution >= 4 is 5.97 Å². The van der Waals surface area contributed by atoms with Crippen molar-refractivity contribution in [1.82, 2.24) is 5.32 Å². The molecule has 1 saturated carbocycles. The SMILES string of the molecule is CC(=O)O.CN[C@@H]1[C@@H](O)[C@@H](O[C@@H]2[C@@H](O)[C@H](O[C@H]3O[C@H](C(C)N)[C@@H](O)[C@H](O)[C@H]3O)[C@@H](N)C[C@H]2N)OC[C@]1(C)O. The monoisotopic (exact) mass is 556 g/mol. The van der Waals surface area contributed by atoms with E-state index in [9.17, 15) is 30.6 Å². The molecule has 0 aromatic carbocycles. The Kier molecular flexibility index (Phi) is 11.8. The number of nitrogens with two attached hydrogens (primary N) is 3. The molecule has 1 aliphatic carbocycles. The van der Waals surface area contributed by atoms with Crippen molar-refractivity contribution in [3.8, 4) is 0 Å². The molecule has 0 spiro atoms. The topological polar surface area (TPSA) is 286 Å². The van der Waals surface area contributed by atoms with Crippen LogP contribution < -0.4 is 22.5 Å². The maximum absolute atomic E-state index is 11.0. The van der Waals surface area contributed by atoms with E-state index in [0.29, 0.717) is 0 Å². The van der Waals surface area contributed by atoms with Gasteiger partial charge in [0.15, 0.2) is 12.6 Å². The Morgan fingerprint density at radius 3 is 1.95 bits per heavy atom. The van der Waals surface area contributed by atoms with Crippen LogP contribution in [0.25, 0.3) is 0 Å². The number of carbonyl (C=O) groups is 1. The summed E-state index contributed by atoms with van der Waals surface area (Å²) >= 11 is 0. The van der Waals surface area contributed by atoms with Crippen LogP contribution in [0.3, 0.4) is 0 Å². The maximum Gasteiger partial charge on any atom is 0.300 e. The van der Waals surface area contributed by atoms with Crippen LogP contribution in [-0.4, -0.2) is 147 Å². The molecule has 3 fully saturated rings. The summed E-state index contributed by atoms with van der Waals surface area (Å²) in [5, 5.41) is 73.0. The second kappa shape index (κ2) is 13.5. The zero-order valence-corrected chi connectivity index (χ0v) is 21.9. The third kappa shape index (κ3) is 7.55. The minimum absolute atomic E-state index is 0.140. The number of aliphatic carboxylic acids is 1. The van der Waals surface area contributed by atoms with E-state index in [1.165, 1.54) is 6.92 Å². The van der Waals surface area contributed by atoms with E-state index >= 15 is 0 Å². The van der Waals surface area contributed by atoms with Crippen molar-refractivity contribution in [3.63, 3.8) is 0 Å². The van der Waals surface area contributed by atoms with E-state index in [1.807, 2.05) is 0 Å². The fourth-order valence-corrected chi connectivity index (χ4v) is 4.94. The molecule has 0 aromatic rings. The summed E-state index contributed by atoms with van der Waals surface area (Å²) < 4.78 is 22.7. The molecule has 3 aliphatic rings. The summed E-state index contributed by atoms with van der Waals surface area (Å²) in [6, 6.07) is -3.01. The highest BCUT2D eigenvalue weighted by Crippen LogP contribution is 2.32. The number of hydrogen-bond donors (Lipinski definition) is 11. The summed E-state index contributed by atoms with van der Waals surface area (Å²) in [6.45, 7) is 4.01. The van der Waals surface area contributed by atoms with Crippen LogP contribution in [0.5, 0.6) is 0 Å². The molecule has 16 heteroatoms. The van der Waals surface area contributed by atoms with Crippen LogP contribution in [0.4, 0.5) is 0 Å². The van der Waals surface area contributed by atoms with E-state index in [2.05, 4.69) is 5.32 Å². The lowest BCUT2D eigenvalue weighted by Gasteiger charge is -2.49. The second-order valence-corrected chi connectivity index (χ2v) is 10.4. The molecule has 2 aliphatic heterocycles. The number of hydrogen-bond acceptors (Lipinski definition) is 15. The highest BCUT2D eigenvalue weighted by Gasteiger charge is 2.52. The van der Waals surface area contributed by atoms with Gasteiger partial charge in [-0.15, -0.1) is 0 Å². The van der Waals surface area contributed by atoms with Crippen LogP contribution in [-0.2, 0) is 23.7 Å². The van der Waals surface area contributed by atoms with Gasteiger partial charge in [-0.2, -0.15) is 0 Å². The summed E-state index contributed by atoms with van der Waals surface area (Å²) in [6.07, 6.45) is -13.2. The van der Waals surface area contributed by atoms with Crippen molar-refractivity contribution < 1.29 is 59.5 Å². The lowest BCUT2D eigenvalue weighted by Crippen LogP contribution is -2.69. The Morgan fingerprint density at radius 2 is 1.47 bits per heavy atom. The Balaban J connectivity index is 0.00000118. The highest BCUT2D eigenvalue weighted by molar-refractivity contribution is 5.62. The molecule has 2 saturated heterocycles. The molecule has 0 aromatic heterocycles. The van der Waals surface area contributed by atoms with Gasteiger partial charge in [0.25, 0.3) is 5.97 Å². The van der Waals surface area contributed by atoms with Crippen molar-refractivity contribution in [2.75, 3.05) is 13.7 Å². The van der Waals surface area contributed by atoms with Gasteiger partial charge in [0.1, 0.15) is 54.4 Å². The maximum atomic E-state index is 11.0. The molecule has 15 atom stereocenters. The lowest BCUT2D eigenvalue weighted by atomic mass is 9.84. The molecule has 3 rings (SSSR count). The minimum atomic E-state index is -1.64. The summed E-state index contributed by atoms with van der Waals surface area (Å²) in [7, 11) is 1.57. The van der Waals surface area contributed by atoms with Gasteiger partial charge in [0.05, 0.1) is 12.6 Å². The highest BCUT2D eigenvalue weighted by atomic mass is 16.7. The number of nitrogens with one attached hydrogen (secondary N) is 1. The van der Waals surface area contributed by atoms with Gasteiger partial charge in [0, 0.05) is 25.0 Å². The first-order valence-corrected chi connectivity index (χ1v) is 12.4. The zero-order valence-electron chi connectivity index (χ0n) is 21.9. The summed E-state index contributed by atoms with van der Waals surface area (Å²) in [5.41, 5.74) is 16.8. The van der Waals surface area contributed by atoms with E-state index in [4.69, 9.17) is 46.0 Å². The standard InChI is InChI=1S/C20H40N4O10.C2H4O2/c1-6(21)14-10(26)9(25)11(27)19(32-14)34-16-8(23)4-7(22)15(12(16)28)33-18-13(29)17(24-3)20(2,30)5-31-18;1-2(3)4/h6-19,24-30H,4-5,21-23H2,1-3H3;1H3,(H,3,4)/t6?,7-,8+,9+,10+,11-,12-,13-,14-,15+,16-,17-,18-,19-,20+;/m1./s1. The van der Waals surface area contributed by atoms with Gasteiger partial charge in [0.2, 0.25) is 0 Å². The minimum Gasteiger partial charge on any atom is -0.481 e. The third-order valence-electron chi connectivity index (χ3n) is 6.91. The summed E-state index contributed by atoms with van der Waals surface area (Å²) in [4.78, 5) is 9.00. The number of carboxylic acid groups (broad SMARTS) is 1. The Bertz CT molecular complexity index is 760. The number of likely N-dealkylation sites (N-methyl/N-ethyl adjacent to an activating group) is 1. The first kappa shape index (κ1) is 33.1. The first-order chi connectivity index (χ1) is 17.5. The Morgan fingerprint density at radius 1 is 0.974 bits per heavy atom. The quantitative estimate of drug-likeness (QED) is 0.145. The van der Waals surface area contributed by atoms with Gasteiger partial charge in [-0.1, -0.05) is 0 Å². The predicted molar refractivity (Wildman–Crippen MR) is 129 cm³/mol. The van der Waals surface area contributed by atoms with Gasteiger partial charge >= 0.3 is 0 Å². The van der Waals surface area contributed by atoms with Gasteiger partial charge < -0.3 is 77.2 Å². The number of ether oxygens (including phenoxy) is 4. The number of aliphatic hydroxyl groups excluding tert-OH is 5. The smallest absolute Gasteiger partial charge is 0.300 e. The molecule has 0 amide bonds. The third-order valence-corrected chi connectivity index (χ3v) is 6.91. The lowest BCUT2D eigenvalue weighted by molar-refractivity contribution is -0.332. The van der Waals surface area contributed by atoms with Crippen molar-refractivity contribution in [2.45, 2.75) is 118 Å². The van der Waals surface area contributed by atoms with Gasteiger partial charge in [-0.05, 0) is 27.3 Å². The predicted octanol–water partition coefficient (Wildman–Crippen LogP) is -5.52. The van der Waals surface area contributed by atoms with E-state index in [1.54, 1.807) is 14.0 Å². The van der Waals surface area contributed by atoms with Crippen LogP contribution >= 0.6 is 0 Å². The van der Waals surface area contributed by atoms with Gasteiger partial charge in [-0.25, -0.2) is 0 Å². The van der Waals surface area contributed by atoms with E-state index in [-0.39, 0.29) is 13.0 Å². The van der Waals surface area contributed by atoms with Crippen molar-refractivity contribution in [1.29, 1.82) is 0 Å². The van der Waals surface area contributed by atoms with Crippen molar-refractivity contribution in [2.24, 2.45) is 17.2 Å². The normalized spacial score (nSPS) is 48.5. The van der Waals surface area contributed by atoms with Crippen LogP contribution in [0.2, 0.25) is 0 Å². The van der Waals surface area contributed by atoms with E-state index < -0.39 is 97.1 Å². The molecular weight excluding hydrogens is 512 g/mol. The fourth-order valence-electron chi connectivity index (χ4n) is 4.94. The molecule has 0 radical (unpaired) electrons. The van der Waals surface area contributed by atoms with E-state index in [0.717, 1.165) is 6.92 Å². The largest absolute Gasteiger partial charge is 0.481 e. The molecule has 16 nitrogen and oxygen atoms in total. The fraction of sp³-hybridized carbons (Fsp3) is 0.955. The number of carboxylic acids is 1. The molecule has 2 heterocycles. The summed E-state index contributed by atoms with van der Waals surface area (Å²) in [5.74, 6) is -0.833. The molecule has 14 N–H and O–H groups in total. The number of aliphatic hydroxyl groups is 6. The first-order valence-electron chi connectivity index (χ1n) is 12.4.